The molecule has 1 saturated carbocycles. The van der Waals surface area contributed by atoms with Gasteiger partial charge in [-0.05, 0) is 50.7 Å². The summed E-state index contributed by atoms with van der Waals surface area (Å²) in [6, 6.07) is 5.63. The number of hydrogen-bond donors (Lipinski definition) is 1. The first-order chi connectivity index (χ1) is 13.9. The summed E-state index contributed by atoms with van der Waals surface area (Å²) in [5.74, 6) is 0.983. The normalized spacial score (nSPS) is 26.2. The number of fused-ring (bicyclic) bond motifs is 1. The van der Waals surface area contributed by atoms with Crippen molar-refractivity contribution in [1.82, 2.24) is 19.4 Å². The number of pyridine rings is 1. The number of likely N-dealkylation sites (tertiary alicyclic amines) is 1. The summed E-state index contributed by atoms with van der Waals surface area (Å²) in [5, 5.41) is 9.54. The van der Waals surface area contributed by atoms with Gasteiger partial charge in [0.25, 0.3) is 5.56 Å². The Morgan fingerprint density at radius 1 is 1.24 bits per heavy atom. The summed E-state index contributed by atoms with van der Waals surface area (Å²) in [7, 11) is 3.73. The van der Waals surface area contributed by atoms with Crippen molar-refractivity contribution in [2.75, 3.05) is 11.9 Å². The molecule has 8 heteroatoms. The van der Waals surface area contributed by atoms with Gasteiger partial charge >= 0.3 is 6.09 Å². The fourth-order valence-corrected chi connectivity index (χ4v) is 5.08. The molecule has 1 aliphatic carbocycles. The van der Waals surface area contributed by atoms with Gasteiger partial charge in [-0.3, -0.25) is 14.3 Å². The second kappa shape index (κ2) is 7.50. The minimum Gasteiger partial charge on any atom is -0.465 e. The van der Waals surface area contributed by atoms with Crippen LogP contribution in [0.2, 0.25) is 0 Å². The van der Waals surface area contributed by atoms with Crippen LogP contribution in [0, 0.1) is 5.92 Å². The first-order valence-corrected chi connectivity index (χ1v) is 10.1. The zero-order valence-corrected chi connectivity index (χ0v) is 17.0. The van der Waals surface area contributed by atoms with E-state index in [4.69, 9.17) is 4.98 Å². The maximum absolute atomic E-state index is 12.6. The monoisotopic (exact) mass is 397 g/mol. The second-order valence-corrected chi connectivity index (χ2v) is 8.25. The quantitative estimate of drug-likeness (QED) is 0.856. The second-order valence-electron chi connectivity index (χ2n) is 8.25. The molecule has 4 unspecified atom stereocenters. The highest BCUT2D eigenvalue weighted by Gasteiger charge is 2.45. The van der Waals surface area contributed by atoms with E-state index in [1.54, 1.807) is 35.0 Å². The highest BCUT2D eigenvalue weighted by molar-refractivity contribution is 5.66. The summed E-state index contributed by atoms with van der Waals surface area (Å²) in [6.07, 6.45) is 6.09. The Balaban J connectivity index is 1.59. The number of carbonyl (C=O) groups is 1. The van der Waals surface area contributed by atoms with E-state index >= 15 is 0 Å². The molecule has 2 aromatic rings. The van der Waals surface area contributed by atoms with E-state index in [1.165, 1.54) is 0 Å². The van der Waals surface area contributed by atoms with Crippen molar-refractivity contribution in [3.05, 3.63) is 40.9 Å². The summed E-state index contributed by atoms with van der Waals surface area (Å²) in [5.41, 5.74) is 1.39. The van der Waals surface area contributed by atoms with E-state index in [0.717, 1.165) is 31.2 Å². The lowest BCUT2D eigenvalue weighted by molar-refractivity contribution is 0.109. The van der Waals surface area contributed by atoms with Crippen LogP contribution >= 0.6 is 0 Å². The van der Waals surface area contributed by atoms with Crippen LogP contribution in [-0.4, -0.2) is 55.8 Å². The summed E-state index contributed by atoms with van der Waals surface area (Å²) >= 11 is 0. The largest absolute Gasteiger partial charge is 0.465 e. The first-order valence-electron chi connectivity index (χ1n) is 10.1. The Bertz CT molecular complexity index is 961. The molecule has 0 radical (unpaired) electrons. The third-order valence-electron chi connectivity index (χ3n) is 6.56. The van der Waals surface area contributed by atoms with E-state index in [1.807, 2.05) is 26.1 Å². The smallest absolute Gasteiger partial charge is 0.407 e. The number of anilines is 1. The standard InChI is InChI=1S/C21H27N5O3/c1-13-10-15-11-16(4-5-18(15)26(13)21(28)29)24(2)20-23-17(12-19(27)25(20)3)14-6-8-22-9-7-14/h6-9,12-13,15-16,18H,4-5,10-11H2,1-3H3,(H,28,29). The minimum absolute atomic E-state index is 0.0593. The van der Waals surface area contributed by atoms with Crippen LogP contribution in [0.25, 0.3) is 11.3 Å². The predicted octanol–water partition coefficient (Wildman–Crippen LogP) is 2.59. The molecular formula is C21H27N5O3. The van der Waals surface area contributed by atoms with Crippen molar-refractivity contribution in [1.29, 1.82) is 0 Å². The van der Waals surface area contributed by atoms with Gasteiger partial charge in [0.1, 0.15) is 0 Å². The topological polar surface area (TPSA) is 91.6 Å². The van der Waals surface area contributed by atoms with Crippen LogP contribution in [0.5, 0.6) is 0 Å². The lowest BCUT2D eigenvalue weighted by atomic mass is 9.81. The molecule has 0 spiro atoms. The number of rotatable bonds is 3. The lowest BCUT2D eigenvalue weighted by Gasteiger charge is -2.39. The number of amides is 1. The Morgan fingerprint density at radius 3 is 2.66 bits per heavy atom. The molecule has 154 valence electrons. The molecule has 29 heavy (non-hydrogen) atoms. The van der Waals surface area contributed by atoms with Gasteiger partial charge in [-0.15, -0.1) is 0 Å². The van der Waals surface area contributed by atoms with Gasteiger partial charge in [-0.25, -0.2) is 9.78 Å². The highest BCUT2D eigenvalue weighted by atomic mass is 16.4. The van der Waals surface area contributed by atoms with Crippen LogP contribution in [0.3, 0.4) is 0 Å². The molecule has 1 N–H and O–H groups in total. The van der Waals surface area contributed by atoms with E-state index < -0.39 is 6.09 Å². The average molecular weight is 397 g/mol. The van der Waals surface area contributed by atoms with Gasteiger partial charge in [-0.2, -0.15) is 0 Å². The van der Waals surface area contributed by atoms with E-state index in [2.05, 4.69) is 9.88 Å². The van der Waals surface area contributed by atoms with Gasteiger partial charge < -0.3 is 14.9 Å². The molecule has 0 aromatic carbocycles. The Hall–Kier alpha value is -2.90. The zero-order chi connectivity index (χ0) is 20.7. The summed E-state index contributed by atoms with van der Waals surface area (Å²) in [4.78, 5) is 36.7. The molecule has 4 atom stereocenters. The van der Waals surface area contributed by atoms with Gasteiger partial charge in [0.2, 0.25) is 5.95 Å². The molecule has 1 amide bonds. The van der Waals surface area contributed by atoms with E-state index in [9.17, 15) is 14.7 Å². The molecule has 1 saturated heterocycles. The van der Waals surface area contributed by atoms with Crippen LogP contribution in [0.4, 0.5) is 10.7 Å². The van der Waals surface area contributed by atoms with Crippen molar-refractivity contribution in [3.63, 3.8) is 0 Å². The molecule has 2 aliphatic rings. The number of nitrogens with zero attached hydrogens (tertiary/aromatic N) is 5. The first kappa shape index (κ1) is 19.4. The van der Waals surface area contributed by atoms with Gasteiger partial charge in [-0.1, -0.05) is 0 Å². The van der Waals surface area contributed by atoms with Crippen molar-refractivity contribution in [3.8, 4) is 11.3 Å². The maximum Gasteiger partial charge on any atom is 0.407 e. The summed E-state index contributed by atoms with van der Waals surface area (Å²) in [6.45, 7) is 1.99. The molecule has 3 heterocycles. The highest BCUT2D eigenvalue weighted by Crippen LogP contribution is 2.41. The predicted molar refractivity (Wildman–Crippen MR) is 110 cm³/mol. The van der Waals surface area contributed by atoms with Crippen molar-refractivity contribution < 1.29 is 9.90 Å². The minimum atomic E-state index is -0.814. The van der Waals surface area contributed by atoms with Crippen LogP contribution in [-0.2, 0) is 7.05 Å². The fraction of sp³-hybridized carbons (Fsp3) is 0.524. The zero-order valence-electron chi connectivity index (χ0n) is 17.0. The average Bonchev–Trinajstić information content (AvgIpc) is 3.05. The van der Waals surface area contributed by atoms with E-state index in [-0.39, 0.29) is 23.7 Å². The molecular weight excluding hydrogens is 370 g/mol. The fourth-order valence-electron chi connectivity index (χ4n) is 5.08. The Labute approximate surface area is 169 Å². The molecule has 2 aromatic heterocycles. The number of carboxylic acid groups (broad SMARTS) is 1. The van der Waals surface area contributed by atoms with E-state index in [0.29, 0.717) is 17.6 Å². The molecule has 8 nitrogen and oxygen atoms in total. The van der Waals surface area contributed by atoms with Crippen LogP contribution < -0.4 is 10.5 Å². The third kappa shape index (κ3) is 3.47. The Kier molecular flexibility index (Phi) is 5.02. The van der Waals surface area contributed by atoms with Crippen LogP contribution in [0.1, 0.15) is 32.6 Å². The molecule has 4 rings (SSSR count). The van der Waals surface area contributed by atoms with Crippen molar-refractivity contribution in [2.24, 2.45) is 13.0 Å². The number of aromatic nitrogens is 3. The van der Waals surface area contributed by atoms with Gasteiger partial charge in [0.05, 0.1) is 5.69 Å². The SMILES string of the molecule is CC1CC2CC(N(C)c3nc(-c4ccncc4)cc(=O)n3C)CCC2N1C(=O)O. The lowest BCUT2D eigenvalue weighted by Crippen LogP contribution is -2.47. The van der Waals surface area contributed by atoms with Crippen molar-refractivity contribution in [2.45, 2.75) is 50.7 Å². The summed E-state index contributed by atoms with van der Waals surface area (Å²) < 4.78 is 1.58. The van der Waals surface area contributed by atoms with Crippen molar-refractivity contribution >= 4 is 12.0 Å². The maximum atomic E-state index is 12.6. The van der Waals surface area contributed by atoms with Crippen LogP contribution in [0.15, 0.2) is 35.4 Å². The molecule has 1 aliphatic heterocycles. The Morgan fingerprint density at radius 2 is 1.97 bits per heavy atom. The van der Waals surface area contributed by atoms with Gasteiger partial charge in [0.15, 0.2) is 0 Å². The molecule has 2 fully saturated rings. The number of hydrogen-bond acceptors (Lipinski definition) is 5. The third-order valence-corrected chi connectivity index (χ3v) is 6.56. The van der Waals surface area contributed by atoms with Gasteiger partial charge in [0, 0.05) is 56.2 Å². The molecule has 0 bridgehead atoms.